The Bertz CT molecular complexity index is 968. The molecule has 5 unspecified atom stereocenters. The summed E-state index contributed by atoms with van der Waals surface area (Å²) in [6.45, 7) is 1.65. The molecule has 0 saturated carbocycles. The summed E-state index contributed by atoms with van der Waals surface area (Å²) >= 11 is 0. The van der Waals surface area contributed by atoms with Crippen molar-refractivity contribution in [2.24, 2.45) is 0 Å². The van der Waals surface area contributed by atoms with E-state index in [-0.39, 0.29) is 6.10 Å². The van der Waals surface area contributed by atoms with Crippen LogP contribution in [0.1, 0.15) is 16.7 Å². The number of hydrogen-bond donors (Lipinski definition) is 0. The molecule has 6 nitrogen and oxygen atoms in total. The van der Waals surface area contributed by atoms with Crippen LogP contribution in [0.15, 0.2) is 91.0 Å². The Morgan fingerprint density at radius 2 is 1.06 bits per heavy atom. The number of hydrogen-bond acceptors (Lipinski definition) is 6. The van der Waals surface area contributed by atoms with Crippen LogP contribution in [-0.2, 0) is 48.2 Å². The van der Waals surface area contributed by atoms with Crippen LogP contribution in [0.4, 0.5) is 0 Å². The fourth-order valence-electron chi connectivity index (χ4n) is 4.25. The predicted octanol–water partition coefficient (Wildman–Crippen LogP) is 4.76. The lowest BCUT2D eigenvalue weighted by molar-refractivity contribution is -0.319. The Balaban J connectivity index is 1.48. The van der Waals surface area contributed by atoms with Crippen LogP contribution in [0.3, 0.4) is 0 Å². The maximum atomic E-state index is 6.43. The van der Waals surface area contributed by atoms with Crippen LogP contribution in [0.25, 0.3) is 0 Å². The summed E-state index contributed by atoms with van der Waals surface area (Å²) in [7, 11) is 3.28. The van der Waals surface area contributed by atoms with E-state index in [2.05, 4.69) is 0 Å². The third-order valence-corrected chi connectivity index (χ3v) is 6.06. The number of ether oxygens (including phenoxy) is 6. The lowest BCUT2D eigenvalue weighted by Gasteiger charge is -2.45. The average molecular weight is 479 g/mol. The van der Waals surface area contributed by atoms with Crippen molar-refractivity contribution in [1.29, 1.82) is 0 Å². The molecule has 0 bridgehead atoms. The molecule has 3 aromatic rings. The summed E-state index contributed by atoms with van der Waals surface area (Å²) < 4.78 is 36.7. The molecule has 1 aliphatic rings. The molecule has 5 atom stereocenters. The molecule has 0 aromatic heterocycles. The second-order valence-corrected chi connectivity index (χ2v) is 8.50. The highest BCUT2D eigenvalue weighted by molar-refractivity contribution is 5.15. The van der Waals surface area contributed by atoms with Crippen molar-refractivity contribution in [2.75, 3.05) is 20.8 Å². The standard InChI is InChI=1S/C29H34O6/c1-30-26-25(21-32-18-22-12-6-3-7-13-22)35-29(31-2)28(34-20-24-16-10-5-11-17-24)27(26)33-19-23-14-8-4-9-15-23/h3-17,25-29H,18-21H2,1-2H3. The van der Waals surface area contributed by atoms with Crippen LogP contribution in [0.2, 0.25) is 0 Å². The van der Waals surface area contributed by atoms with Crippen molar-refractivity contribution < 1.29 is 28.4 Å². The molecular weight excluding hydrogens is 444 g/mol. The van der Waals surface area contributed by atoms with Gasteiger partial charge in [0.05, 0.1) is 26.4 Å². The van der Waals surface area contributed by atoms with Gasteiger partial charge in [0.1, 0.15) is 24.4 Å². The van der Waals surface area contributed by atoms with Gasteiger partial charge in [0.15, 0.2) is 6.29 Å². The smallest absolute Gasteiger partial charge is 0.186 e. The van der Waals surface area contributed by atoms with Crippen LogP contribution in [0, 0.1) is 0 Å². The van der Waals surface area contributed by atoms with Gasteiger partial charge in [0.2, 0.25) is 0 Å². The van der Waals surface area contributed by atoms with E-state index < -0.39 is 24.6 Å². The fraction of sp³-hybridized carbons (Fsp3) is 0.379. The van der Waals surface area contributed by atoms with E-state index in [0.29, 0.717) is 26.4 Å². The van der Waals surface area contributed by atoms with E-state index >= 15 is 0 Å². The van der Waals surface area contributed by atoms with Crippen LogP contribution >= 0.6 is 0 Å². The molecule has 4 rings (SSSR count). The van der Waals surface area contributed by atoms with Crippen LogP contribution in [-0.4, -0.2) is 51.5 Å². The lowest BCUT2D eigenvalue weighted by atomic mass is 9.98. The molecule has 1 fully saturated rings. The topological polar surface area (TPSA) is 55.4 Å². The Hall–Kier alpha value is -2.58. The van der Waals surface area contributed by atoms with E-state index in [1.54, 1.807) is 14.2 Å². The Labute approximate surface area is 207 Å². The number of methoxy groups -OCH3 is 2. The molecule has 0 amide bonds. The van der Waals surface area contributed by atoms with Crippen molar-refractivity contribution in [1.82, 2.24) is 0 Å². The zero-order valence-electron chi connectivity index (χ0n) is 20.3. The van der Waals surface area contributed by atoms with Gasteiger partial charge in [0, 0.05) is 14.2 Å². The average Bonchev–Trinajstić information content (AvgIpc) is 2.92. The molecule has 6 heteroatoms. The summed E-state index contributed by atoms with van der Waals surface area (Å²) in [5.41, 5.74) is 3.23. The first-order valence-electron chi connectivity index (χ1n) is 11.9. The second-order valence-electron chi connectivity index (χ2n) is 8.50. The summed E-state index contributed by atoms with van der Waals surface area (Å²) in [6.07, 6.45) is -2.32. The van der Waals surface area contributed by atoms with Gasteiger partial charge < -0.3 is 28.4 Å². The first-order chi connectivity index (χ1) is 17.3. The number of rotatable bonds is 12. The summed E-state index contributed by atoms with van der Waals surface area (Å²) in [6, 6.07) is 30.1. The van der Waals surface area contributed by atoms with Gasteiger partial charge in [-0.3, -0.25) is 0 Å². The summed E-state index contributed by atoms with van der Waals surface area (Å²) in [5, 5.41) is 0. The van der Waals surface area contributed by atoms with Crippen molar-refractivity contribution in [3.63, 3.8) is 0 Å². The zero-order chi connectivity index (χ0) is 24.3. The number of benzene rings is 3. The van der Waals surface area contributed by atoms with Gasteiger partial charge in [-0.05, 0) is 16.7 Å². The van der Waals surface area contributed by atoms with E-state index in [1.165, 1.54) is 0 Å². The maximum Gasteiger partial charge on any atom is 0.186 e. The molecule has 1 aliphatic heterocycles. The zero-order valence-corrected chi connectivity index (χ0v) is 20.3. The van der Waals surface area contributed by atoms with Crippen molar-refractivity contribution in [2.45, 2.75) is 50.5 Å². The molecule has 0 aliphatic carbocycles. The SMILES string of the molecule is COC1OC(COCc2ccccc2)C(OC)C(OCc2ccccc2)C1OCc1ccccc1. The molecular formula is C29H34O6. The van der Waals surface area contributed by atoms with E-state index in [1.807, 2.05) is 91.0 Å². The van der Waals surface area contributed by atoms with Gasteiger partial charge in [-0.25, -0.2) is 0 Å². The van der Waals surface area contributed by atoms with E-state index in [0.717, 1.165) is 16.7 Å². The third-order valence-electron chi connectivity index (χ3n) is 6.06. The van der Waals surface area contributed by atoms with Crippen molar-refractivity contribution >= 4 is 0 Å². The maximum absolute atomic E-state index is 6.43. The largest absolute Gasteiger partial charge is 0.376 e. The van der Waals surface area contributed by atoms with E-state index in [9.17, 15) is 0 Å². The van der Waals surface area contributed by atoms with Gasteiger partial charge in [-0.1, -0.05) is 91.0 Å². The van der Waals surface area contributed by atoms with Gasteiger partial charge in [0.25, 0.3) is 0 Å². The molecule has 1 heterocycles. The second kappa shape index (κ2) is 13.5. The Kier molecular flexibility index (Phi) is 9.84. The van der Waals surface area contributed by atoms with Crippen molar-refractivity contribution in [3.8, 4) is 0 Å². The monoisotopic (exact) mass is 478 g/mol. The molecule has 3 aromatic carbocycles. The quantitative estimate of drug-likeness (QED) is 0.374. The molecule has 1 saturated heterocycles. The Morgan fingerprint density at radius 3 is 1.54 bits per heavy atom. The van der Waals surface area contributed by atoms with E-state index in [4.69, 9.17) is 28.4 Å². The first kappa shape index (κ1) is 25.5. The normalized spacial score (nSPS) is 24.3. The van der Waals surface area contributed by atoms with Crippen LogP contribution < -0.4 is 0 Å². The molecule has 0 radical (unpaired) electrons. The summed E-state index contributed by atoms with van der Waals surface area (Å²) in [5.74, 6) is 0. The fourth-order valence-corrected chi connectivity index (χ4v) is 4.25. The minimum atomic E-state index is -0.629. The van der Waals surface area contributed by atoms with Crippen molar-refractivity contribution in [3.05, 3.63) is 108 Å². The first-order valence-corrected chi connectivity index (χ1v) is 11.9. The predicted molar refractivity (Wildman–Crippen MR) is 133 cm³/mol. The minimum absolute atomic E-state index is 0.337. The summed E-state index contributed by atoms with van der Waals surface area (Å²) in [4.78, 5) is 0. The van der Waals surface area contributed by atoms with Gasteiger partial charge in [-0.15, -0.1) is 0 Å². The highest BCUT2D eigenvalue weighted by Crippen LogP contribution is 2.30. The highest BCUT2D eigenvalue weighted by atomic mass is 16.7. The van der Waals surface area contributed by atoms with Gasteiger partial charge in [-0.2, -0.15) is 0 Å². The molecule has 35 heavy (non-hydrogen) atoms. The lowest BCUT2D eigenvalue weighted by Crippen LogP contribution is -2.61. The molecule has 186 valence electrons. The highest BCUT2D eigenvalue weighted by Gasteiger charge is 2.48. The molecule has 0 N–H and O–H groups in total. The molecule has 0 spiro atoms. The minimum Gasteiger partial charge on any atom is -0.376 e. The Morgan fingerprint density at radius 1 is 0.571 bits per heavy atom. The van der Waals surface area contributed by atoms with Gasteiger partial charge >= 0.3 is 0 Å². The van der Waals surface area contributed by atoms with Crippen LogP contribution in [0.5, 0.6) is 0 Å². The third kappa shape index (κ3) is 7.21.